The Hall–Kier alpha value is -1.05. The van der Waals surface area contributed by atoms with Gasteiger partial charge in [0.15, 0.2) is 0 Å². The van der Waals surface area contributed by atoms with Gasteiger partial charge in [0.1, 0.15) is 0 Å². The van der Waals surface area contributed by atoms with Gasteiger partial charge in [-0.15, -0.1) is 0 Å². The van der Waals surface area contributed by atoms with Gasteiger partial charge in [-0.1, -0.05) is 86.8 Å². The van der Waals surface area contributed by atoms with Crippen LogP contribution in [-0.2, 0) is 0 Å². The Balaban J connectivity index is 2.33. The molecule has 0 amide bonds. The number of benzene rings is 2. The first kappa shape index (κ1) is 14.4. The Kier molecular flexibility index (Phi) is 5.23. The molecule has 0 atom stereocenters. The fourth-order valence-electron chi connectivity index (χ4n) is 2.48. The standard InChI is InChI=1S/C17H21ClSi/c1-2-3-10-15-19(18,16-11-6-4-7-12-16)17-13-8-5-9-14-17/h4-9,11-14H,2-3,10,15H2,1H3. The fourth-order valence-corrected chi connectivity index (χ4v) is 6.72. The average molecular weight is 289 g/mol. The number of halogens is 1. The zero-order chi connectivity index (χ0) is 13.6. The van der Waals surface area contributed by atoms with E-state index in [1.54, 1.807) is 0 Å². The van der Waals surface area contributed by atoms with Gasteiger partial charge in [0.25, 0.3) is 0 Å². The van der Waals surface area contributed by atoms with E-state index in [1.165, 1.54) is 29.6 Å². The Morgan fingerprint density at radius 3 is 1.68 bits per heavy atom. The van der Waals surface area contributed by atoms with Crippen molar-refractivity contribution in [1.82, 2.24) is 0 Å². The van der Waals surface area contributed by atoms with Gasteiger partial charge in [-0.05, 0) is 16.4 Å². The number of hydrogen-bond acceptors (Lipinski definition) is 0. The maximum absolute atomic E-state index is 7.16. The third-order valence-electron chi connectivity index (χ3n) is 3.59. The van der Waals surface area contributed by atoms with Crippen LogP contribution in [0, 0.1) is 0 Å². The lowest BCUT2D eigenvalue weighted by Gasteiger charge is -2.25. The molecule has 0 aromatic heterocycles. The minimum Gasteiger partial charge on any atom is -0.155 e. The molecule has 2 rings (SSSR count). The normalized spacial score (nSPS) is 11.5. The Labute approximate surface area is 122 Å². The maximum Gasteiger partial charge on any atom is 0.217 e. The van der Waals surface area contributed by atoms with Gasteiger partial charge in [0, 0.05) is 0 Å². The van der Waals surface area contributed by atoms with Crippen molar-refractivity contribution < 1.29 is 0 Å². The highest BCUT2D eigenvalue weighted by Gasteiger charge is 2.34. The molecule has 0 saturated carbocycles. The molecule has 100 valence electrons. The van der Waals surface area contributed by atoms with Crippen molar-refractivity contribution in [3.63, 3.8) is 0 Å². The highest BCUT2D eigenvalue weighted by atomic mass is 35.6. The maximum atomic E-state index is 7.16. The molecule has 19 heavy (non-hydrogen) atoms. The summed E-state index contributed by atoms with van der Waals surface area (Å²) in [6, 6.07) is 22.4. The quantitative estimate of drug-likeness (QED) is 0.425. The molecule has 0 heterocycles. The molecule has 2 aromatic carbocycles. The summed E-state index contributed by atoms with van der Waals surface area (Å²) in [6.45, 7) is 2.24. The van der Waals surface area contributed by atoms with Crippen LogP contribution in [0.2, 0.25) is 6.04 Å². The minimum absolute atomic E-state index is 1.12. The zero-order valence-corrected chi connectivity index (χ0v) is 13.2. The second-order valence-electron chi connectivity index (χ2n) is 4.99. The molecule has 0 fully saturated rings. The van der Waals surface area contributed by atoms with Crippen LogP contribution < -0.4 is 10.4 Å². The van der Waals surface area contributed by atoms with Crippen molar-refractivity contribution in [2.24, 2.45) is 0 Å². The lowest BCUT2D eigenvalue weighted by atomic mass is 10.3. The Morgan fingerprint density at radius 2 is 1.26 bits per heavy atom. The third-order valence-corrected chi connectivity index (χ3v) is 9.00. The highest BCUT2D eigenvalue weighted by Crippen LogP contribution is 2.19. The predicted molar refractivity (Wildman–Crippen MR) is 88.1 cm³/mol. The molecule has 0 N–H and O–H groups in total. The molecule has 0 aliphatic rings. The lowest BCUT2D eigenvalue weighted by molar-refractivity contribution is 0.767. The highest BCUT2D eigenvalue weighted by molar-refractivity contribution is 7.34. The van der Waals surface area contributed by atoms with Gasteiger partial charge in [0.05, 0.1) is 0 Å². The van der Waals surface area contributed by atoms with Crippen molar-refractivity contribution in [2.45, 2.75) is 32.2 Å². The Morgan fingerprint density at radius 1 is 0.789 bits per heavy atom. The summed E-state index contributed by atoms with van der Waals surface area (Å²) in [5.41, 5.74) is 0. The van der Waals surface area contributed by atoms with E-state index in [9.17, 15) is 0 Å². The van der Waals surface area contributed by atoms with Crippen LogP contribution in [0.3, 0.4) is 0 Å². The smallest absolute Gasteiger partial charge is 0.155 e. The first-order chi connectivity index (χ1) is 9.27. The van der Waals surface area contributed by atoms with Crippen molar-refractivity contribution >= 4 is 28.8 Å². The van der Waals surface area contributed by atoms with Crippen molar-refractivity contribution in [1.29, 1.82) is 0 Å². The van der Waals surface area contributed by atoms with E-state index in [-0.39, 0.29) is 0 Å². The van der Waals surface area contributed by atoms with Crippen LogP contribution in [0.4, 0.5) is 0 Å². The largest absolute Gasteiger partial charge is 0.217 e. The van der Waals surface area contributed by atoms with Gasteiger partial charge < -0.3 is 0 Å². The van der Waals surface area contributed by atoms with Crippen molar-refractivity contribution in [3.8, 4) is 0 Å². The second kappa shape index (κ2) is 6.92. The molecule has 0 aliphatic heterocycles. The lowest BCUT2D eigenvalue weighted by Crippen LogP contribution is -2.53. The molecule has 0 radical (unpaired) electrons. The molecule has 2 heteroatoms. The van der Waals surface area contributed by atoms with E-state index in [4.69, 9.17) is 11.1 Å². The van der Waals surface area contributed by atoms with Gasteiger partial charge in [-0.25, -0.2) is 0 Å². The van der Waals surface area contributed by atoms with Crippen LogP contribution in [-0.4, -0.2) is 7.38 Å². The van der Waals surface area contributed by atoms with Crippen LogP contribution in [0.1, 0.15) is 26.2 Å². The molecule has 0 bridgehead atoms. The monoisotopic (exact) mass is 288 g/mol. The van der Waals surface area contributed by atoms with E-state index >= 15 is 0 Å². The van der Waals surface area contributed by atoms with Gasteiger partial charge in [-0.3, -0.25) is 0 Å². The third kappa shape index (κ3) is 3.49. The summed E-state index contributed by atoms with van der Waals surface area (Å²) < 4.78 is 0. The summed E-state index contributed by atoms with van der Waals surface area (Å²) in [7, 11) is -2.07. The summed E-state index contributed by atoms with van der Waals surface area (Å²) in [4.78, 5) is 0. The summed E-state index contributed by atoms with van der Waals surface area (Å²) >= 11 is 7.16. The SMILES string of the molecule is CCCCC[Si](Cl)(c1ccccc1)c1ccccc1. The van der Waals surface area contributed by atoms with E-state index in [0.717, 1.165) is 6.04 Å². The molecule has 0 saturated heterocycles. The van der Waals surface area contributed by atoms with Crippen molar-refractivity contribution in [2.75, 3.05) is 0 Å². The fraction of sp³-hybridized carbons (Fsp3) is 0.294. The predicted octanol–water partition coefficient (Wildman–Crippen LogP) is 4.18. The topological polar surface area (TPSA) is 0 Å². The summed E-state index contributed by atoms with van der Waals surface area (Å²) in [5, 5.41) is 2.66. The van der Waals surface area contributed by atoms with Gasteiger partial charge in [-0.2, -0.15) is 11.1 Å². The van der Waals surface area contributed by atoms with Crippen LogP contribution in [0.25, 0.3) is 0 Å². The van der Waals surface area contributed by atoms with E-state index in [1.807, 2.05) is 0 Å². The Bertz CT molecular complexity index is 442. The number of hydrogen-bond donors (Lipinski definition) is 0. The van der Waals surface area contributed by atoms with Gasteiger partial charge in [0.2, 0.25) is 7.38 Å². The van der Waals surface area contributed by atoms with E-state index in [2.05, 4.69) is 67.6 Å². The molecule has 2 aromatic rings. The van der Waals surface area contributed by atoms with Crippen LogP contribution >= 0.6 is 11.1 Å². The van der Waals surface area contributed by atoms with Gasteiger partial charge >= 0.3 is 0 Å². The number of unbranched alkanes of at least 4 members (excludes halogenated alkanes) is 2. The number of rotatable bonds is 6. The van der Waals surface area contributed by atoms with Crippen molar-refractivity contribution in [3.05, 3.63) is 60.7 Å². The summed E-state index contributed by atoms with van der Waals surface area (Å²) in [5.74, 6) is 0. The van der Waals surface area contributed by atoms with Crippen LogP contribution in [0.5, 0.6) is 0 Å². The molecule has 0 unspecified atom stereocenters. The second-order valence-corrected chi connectivity index (χ2v) is 10.2. The molecule has 0 spiro atoms. The summed E-state index contributed by atoms with van der Waals surface area (Å²) in [6.07, 6.45) is 3.72. The molecule has 0 nitrogen and oxygen atoms in total. The van der Waals surface area contributed by atoms with E-state index in [0.29, 0.717) is 0 Å². The minimum atomic E-state index is -2.07. The first-order valence-corrected chi connectivity index (χ1v) is 10.3. The average Bonchev–Trinajstić information content (AvgIpc) is 2.49. The molecular formula is C17H21ClSi. The molecule has 0 aliphatic carbocycles. The van der Waals surface area contributed by atoms with Crippen LogP contribution in [0.15, 0.2) is 60.7 Å². The first-order valence-electron chi connectivity index (χ1n) is 7.07. The molecular weight excluding hydrogens is 268 g/mol. The zero-order valence-electron chi connectivity index (χ0n) is 11.5. The van der Waals surface area contributed by atoms with E-state index < -0.39 is 7.38 Å².